The molecule has 0 aliphatic carbocycles. The summed E-state index contributed by atoms with van der Waals surface area (Å²) in [5.41, 5.74) is 3.02. The summed E-state index contributed by atoms with van der Waals surface area (Å²) in [5.74, 6) is 0. The number of aryl methyl sites for hydroxylation is 1. The SMILES string of the molecule is CCCCCCc1ccc(P(O)(O)(O)CCCCCC)c(C(C)(C)C)c1C. The van der Waals surface area contributed by atoms with Crippen LogP contribution in [0.25, 0.3) is 0 Å². The Hall–Kier alpha value is -0.470. The van der Waals surface area contributed by atoms with E-state index in [1.165, 1.54) is 24.8 Å². The molecular weight excluding hydrogens is 355 g/mol. The molecule has 0 radical (unpaired) electrons. The minimum atomic E-state index is -4.87. The molecule has 0 aromatic heterocycles. The van der Waals surface area contributed by atoms with E-state index >= 15 is 0 Å². The van der Waals surface area contributed by atoms with Crippen LogP contribution >= 0.6 is 7.28 Å². The van der Waals surface area contributed by atoms with E-state index < -0.39 is 7.28 Å². The molecule has 0 fully saturated rings. The van der Waals surface area contributed by atoms with Crippen molar-refractivity contribution < 1.29 is 14.7 Å². The fraction of sp³-hybridized carbons (Fsp3) is 0.739. The van der Waals surface area contributed by atoms with E-state index in [0.29, 0.717) is 11.7 Å². The topological polar surface area (TPSA) is 60.7 Å². The van der Waals surface area contributed by atoms with Crippen LogP contribution in [0.5, 0.6) is 0 Å². The van der Waals surface area contributed by atoms with Gasteiger partial charge in [-0.15, -0.1) is 0 Å². The standard InChI is InChI=1S/C23H43O3P/c1-7-9-11-13-15-20-16-17-21(22(19(20)3)23(4,5)6)27(24,25,26)18-14-12-10-8-2/h16-17,24-26H,7-15,18H2,1-6H3. The van der Waals surface area contributed by atoms with Crippen LogP contribution in [0.3, 0.4) is 0 Å². The second-order valence-corrected chi connectivity index (χ2v) is 12.5. The summed E-state index contributed by atoms with van der Waals surface area (Å²) < 4.78 is 0. The fourth-order valence-corrected chi connectivity index (χ4v) is 6.42. The van der Waals surface area contributed by atoms with Crippen molar-refractivity contribution in [2.24, 2.45) is 0 Å². The molecule has 0 spiro atoms. The Morgan fingerprint density at radius 2 is 1.37 bits per heavy atom. The first kappa shape index (κ1) is 24.6. The first-order valence-electron chi connectivity index (χ1n) is 10.8. The molecule has 0 heterocycles. The molecule has 0 unspecified atom stereocenters. The van der Waals surface area contributed by atoms with Crippen LogP contribution in [0.4, 0.5) is 0 Å². The normalized spacial score (nSPS) is 14.2. The molecule has 0 amide bonds. The molecule has 4 heteroatoms. The van der Waals surface area contributed by atoms with Gasteiger partial charge in [-0.3, -0.25) is 0 Å². The van der Waals surface area contributed by atoms with Gasteiger partial charge in [-0.25, -0.2) is 0 Å². The van der Waals surface area contributed by atoms with Gasteiger partial charge in [0.2, 0.25) is 0 Å². The van der Waals surface area contributed by atoms with Crippen molar-refractivity contribution >= 4 is 12.6 Å². The first-order valence-corrected chi connectivity index (χ1v) is 13.1. The second kappa shape index (κ2) is 9.83. The van der Waals surface area contributed by atoms with Gasteiger partial charge >= 0.3 is 167 Å². The number of hydrogen-bond donors (Lipinski definition) is 3. The number of benzene rings is 1. The zero-order valence-corrected chi connectivity index (χ0v) is 19.4. The van der Waals surface area contributed by atoms with E-state index in [-0.39, 0.29) is 11.6 Å². The quantitative estimate of drug-likeness (QED) is 0.321. The Balaban J connectivity index is 3.24. The third-order valence-electron chi connectivity index (χ3n) is 5.52. The summed E-state index contributed by atoms with van der Waals surface area (Å²) >= 11 is 0. The third kappa shape index (κ3) is 7.13. The van der Waals surface area contributed by atoms with Crippen LogP contribution in [-0.4, -0.2) is 20.8 Å². The van der Waals surface area contributed by atoms with Gasteiger partial charge < -0.3 is 0 Å². The Morgan fingerprint density at radius 1 is 0.815 bits per heavy atom. The summed E-state index contributed by atoms with van der Waals surface area (Å²) in [7, 11) is -4.87. The molecule has 0 saturated heterocycles. The number of hydrogen-bond acceptors (Lipinski definition) is 3. The summed E-state index contributed by atoms with van der Waals surface area (Å²) in [6.45, 7) is 12.7. The van der Waals surface area contributed by atoms with Gasteiger partial charge in [-0.1, -0.05) is 0 Å². The van der Waals surface area contributed by atoms with Gasteiger partial charge in [0.25, 0.3) is 0 Å². The number of unbranched alkanes of at least 4 members (excludes halogenated alkanes) is 6. The van der Waals surface area contributed by atoms with Crippen LogP contribution in [0.15, 0.2) is 12.1 Å². The van der Waals surface area contributed by atoms with Crippen molar-refractivity contribution in [1.82, 2.24) is 0 Å². The Kier molecular flexibility index (Phi) is 8.95. The van der Waals surface area contributed by atoms with E-state index in [2.05, 4.69) is 41.5 Å². The first-order chi connectivity index (χ1) is 12.4. The predicted octanol–water partition coefficient (Wildman–Crippen LogP) is 5.90. The summed E-state index contributed by atoms with van der Waals surface area (Å²) in [6, 6.07) is 3.79. The average Bonchev–Trinajstić information content (AvgIpc) is 2.55. The van der Waals surface area contributed by atoms with Crippen molar-refractivity contribution in [3.63, 3.8) is 0 Å². The van der Waals surface area contributed by atoms with Crippen molar-refractivity contribution in [2.75, 3.05) is 6.16 Å². The van der Waals surface area contributed by atoms with E-state index in [1.807, 2.05) is 6.07 Å². The molecule has 1 rings (SSSR count). The molecule has 0 bridgehead atoms. The third-order valence-corrected chi connectivity index (χ3v) is 8.02. The van der Waals surface area contributed by atoms with Crippen molar-refractivity contribution in [1.29, 1.82) is 0 Å². The minimum absolute atomic E-state index is 0.0595. The van der Waals surface area contributed by atoms with Gasteiger partial charge in [0, 0.05) is 0 Å². The van der Waals surface area contributed by atoms with Crippen molar-refractivity contribution in [3.8, 4) is 0 Å². The Labute approximate surface area is 167 Å². The van der Waals surface area contributed by atoms with Crippen LogP contribution in [0.1, 0.15) is 103 Å². The predicted molar refractivity (Wildman–Crippen MR) is 120 cm³/mol. The van der Waals surface area contributed by atoms with Crippen LogP contribution in [0.2, 0.25) is 0 Å². The Bertz CT molecular complexity index is 594. The molecule has 0 aliphatic heterocycles. The summed E-state index contributed by atoms with van der Waals surface area (Å²) in [4.78, 5) is 33.0. The fourth-order valence-electron chi connectivity index (χ4n) is 4.03. The molecule has 0 saturated carbocycles. The van der Waals surface area contributed by atoms with Gasteiger partial charge in [0.1, 0.15) is 0 Å². The van der Waals surface area contributed by atoms with Crippen LogP contribution in [-0.2, 0) is 11.8 Å². The van der Waals surface area contributed by atoms with Gasteiger partial charge in [0.05, 0.1) is 0 Å². The Morgan fingerprint density at radius 3 is 1.89 bits per heavy atom. The maximum atomic E-state index is 11.0. The summed E-state index contributed by atoms with van der Waals surface area (Å²) in [5, 5.41) is 0.375. The number of rotatable bonds is 11. The van der Waals surface area contributed by atoms with E-state index in [4.69, 9.17) is 0 Å². The van der Waals surface area contributed by atoms with Crippen LogP contribution in [0, 0.1) is 6.92 Å². The van der Waals surface area contributed by atoms with E-state index in [1.54, 1.807) is 6.07 Å². The van der Waals surface area contributed by atoms with Crippen LogP contribution < -0.4 is 5.30 Å². The average molecular weight is 399 g/mol. The van der Waals surface area contributed by atoms with Crippen molar-refractivity contribution in [2.45, 2.75) is 105 Å². The molecule has 3 nitrogen and oxygen atoms in total. The molecular formula is C23H43O3P. The molecule has 0 atom stereocenters. The van der Waals surface area contributed by atoms with Gasteiger partial charge in [0.15, 0.2) is 0 Å². The van der Waals surface area contributed by atoms with Crippen molar-refractivity contribution in [3.05, 3.63) is 28.8 Å². The summed E-state index contributed by atoms with van der Waals surface area (Å²) in [6.07, 6.45) is 9.58. The monoisotopic (exact) mass is 398 g/mol. The van der Waals surface area contributed by atoms with E-state index in [9.17, 15) is 14.7 Å². The zero-order chi connectivity index (χ0) is 20.7. The van der Waals surface area contributed by atoms with Gasteiger partial charge in [-0.2, -0.15) is 0 Å². The van der Waals surface area contributed by atoms with E-state index in [0.717, 1.165) is 43.2 Å². The molecule has 27 heavy (non-hydrogen) atoms. The molecule has 1 aromatic carbocycles. The molecule has 158 valence electrons. The maximum absolute atomic E-state index is 11.0. The van der Waals surface area contributed by atoms with Gasteiger partial charge in [-0.05, 0) is 0 Å². The molecule has 3 N–H and O–H groups in total. The second-order valence-electron chi connectivity index (χ2n) is 9.24. The molecule has 0 aliphatic rings. The zero-order valence-electron chi connectivity index (χ0n) is 18.5. The molecule has 1 aromatic rings.